The van der Waals surface area contributed by atoms with E-state index in [1.54, 1.807) is 0 Å². The van der Waals surface area contributed by atoms with E-state index in [-0.39, 0.29) is 49.9 Å². The van der Waals surface area contributed by atoms with Gasteiger partial charge in [-0.2, -0.15) is 0 Å². The first kappa shape index (κ1) is 40.4. The van der Waals surface area contributed by atoms with Crippen molar-refractivity contribution < 1.29 is 43.4 Å². The number of Topliss-reactive ketones (excluding diaryl/α,β-unsaturated/α-hetero) is 1. The van der Waals surface area contributed by atoms with Crippen LogP contribution in [-0.2, 0) is 56.7 Å². The normalized spacial score (nSPS) is 19.1. The van der Waals surface area contributed by atoms with Gasteiger partial charge in [0.25, 0.3) is 0 Å². The monoisotopic (exact) mass is 780 g/mol. The van der Waals surface area contributed by atoms with Crippen LogP contribution in [0.3, 0.4) is 0 Å². The molecule has 6 aromatic carbocycles. The van der Waals surface area contributed by atoms with E-state index in [1.165, 1.54) is 13.0 Å². The molecule has 0 bridgehead atoms. The zero-order chi connectivity index (χ0) is 40.1. The molecule has 0 spiro atoms. The van der Waals surface area contributed by atoms with Crippen LogP contribution in [0.2, 0.25) is 0 Å². The number of carbonyl (C=O) groups excluding carboxylic acids is 1. The molecule has 0 aromatic heterocycles. The maximum atomic E-state index is 13.0. The SMILES string of the molecule is CC(=O)c1c(O)cc(OCc2ccccc2)c([C@@H]2OC(COCc3ccccc3)[C@@H](OCc3ccccc3)C(OCc3ccccc3)C2OCc2ccccc2)c1O. The molecule has 3 unspecified atom stereocenters. The molecule has 2 N–H and O–H groups in total. The summed E-state index contributed by atoms with van der Waals surface area (Å²) < 4.78 is 40.4. The molecule has 0 amide bonds. The molecule has 1 aliphatic heterocycles. The molecule has 9 nitrogen and oxygen atoms in total. The van der Waals surface area contributed by atoms with Gasteiger partial charge in [-0.3, -0.25) is 4.79 Å². The number of benzene rings is 6. The van der Waals surface area contributed by atoms with Crippen molar-refractivity contribution in [2.45, 2.75) is 70.5 Å². The summed E-state index contributed by atoms with van der Waals surface area (Å²) in [7, 11) is 0. The molecule has 5 atom stereocenters. The number of phenols is 2. The van der Waals surface area contributed by atoms with Crippen LogP contribution in [-0.4, -0.2) is 47.0 Å². The van der Waals surface area contributed by atoms with Gasteiger partial charge in [-0.1, -0.05) is 152 Å². The zero-order valence-electron chi connectivity index (χ0n) is 32.4. The summed E-state index contributed by atoms with van der Waals surface area (Å²) in [6.45, 7) is 2.41. The van der Waals surface area contributed by atoms with E-state index in [4.69, 9.17) is 28.4 Å². The summed E-state index contributed by atoms with van der Waals surface area (Å²) in [5.74, 6) is -1.30. The Kier molecular flexibility index (Phi) is 14.0. The Morgan fingerprint density at radius 3 is 1.43 bits per heavy atom. The smallest absolute Gasteiger partial charge is 0.167 e. The lowest BCUT2D eigenvalue weighted by molar-refractivity contribution is -0.275. The Labute approximate surface area is 339 Å². The first-order valence-electron chi connectivity index (χ1n) is 19.4. The van der Waals surface area contributed by atoms with E-state index in [2.05, 4.69) is 0 Å². The number of phenolic OH excluding ortho intramolecular Hbond substituents is 2. The van der Waals surface area contributed by atoms with Crippen molar-refractivity contribution in [2.24, 2.45) is 0 Å². The Balaban J connectivity index is 1.34. The highest BCUT2D eigenvalue weighted by Gasteiger charge is 2.51. The van der Waals surface area contributed by atoms with Crippen molar-refractivity contribution in [1.82, 2.24) is 0 Å². The molecule has 0 saturated carbocycles. The fourth-order valence-corrected chi connectivity index (χ4v) is 7.15. The molecule has 0 radical (unpaired) electrons. The largest absolute Gasteiger partial charge is 0.507 e. The minimum absolute atomic E-state index is 0.0834. The predicted molar refractivity (Wildman–Crippen MR) is 219 cm³/mol. The maximum absolute atomic E-state index is 13.0. The van der Waals surface area contributed by atoms with Crippen molar-refractivity contribution in [3.05, 3.63) is 197 Å². The lowest BCUT2D eigenvalue weighted by Crippen LogP contribution is -2.58. The van der Waals surface area contributed by atoms with Gasteiger partial charge in [0, 0.05) is 6.07 Å². The Bertz CT molecular complexity index is 2170. The van der Waals surface area contributed by atoms with Crippen LogP contribution in [0.4, 0.5) is 0 Å². The Morgan fingerprint density at radius 2 is 0.966 bits per heavy atom. The van der Waals surface area contributed by atoms with Gasteiger partial charge in [0.2, 0.25) is 0 Å². The van der Waals surface area contributed by atoms with Gasteiger partial charge < -0.3 is 38.6 Å². The van der Waals surface area contributed by atoms with Crippen LogP contribution in [0.15, 0.2) is 158 Å². The summed E-state index contributed by atoms with van der Waals surface area (Å²) >= 11 is 0. The first-order chi connectivity index (χ1) is 28.4. The highest BCUT2D eigenvalue weighted by Crippen LogP contribution is 2.48. The van der Waals surface area contributed by atoms with Crippen molar-refractivity contribution in [3.63, 3.8) is 0 Å². The van der Waals surface area contributed by atoms with E-state index in [0.29, 0.717) is 6.61 Å². The lowest BCUT2D eigenvalue weighted by atomic mass is 9.88. The summed E-state index contributed by atoms with van der Waals surface area (Å²) in [5.41, 5.74) is 4.51. The van der Waals surface area contributed by atoms with Gasteiger partial charge in [-0.05, 0) is 34.7 Å². The maximum Gasteiger partial charge on any atom is 0.167 e. The van der Waals surface area contributed by atoms with Crippen LogP contribution in [0.25, 0.3) is 0 Å². The van der Waals surface area contributed by atoms with Crippen molar-refractivity contribution in [1.29, 1.82) is 0 Å². The molecule has 9 heteroatoms. The second-order valence-corrected chi connectivity index (χ2v) is 14.2. The molecule has 7 rings (SSSR count). The number of aromatic hydroxyl groups is 2. The molecule has 0 aliphatic carbocycles. The summed E-state index contributed by atoms with van der Waals surface area (Å²) in [4.78, 5) is 13.0. The number of carbonyl (C=O) groups is 1. The van der Waals surface area contributed by atoms with E-state index in [0.717, 1.165) is 27.8 Å². The molecule has 1 heterocycles. The number of hydrogen-bond acceptors (Lipinski definition) is 9. The minimum Gasteiger partial charge on any atom is -0.507 e. The van der Waals surface area contributed by atoms with E-state index >= 15 is 0 Å². The molecule has 1 fully saturated rings. The van der Waals surface area contributed by atoms with E-state index in [1.807, 2.05) is 152 Å². The van der Waals surface area contributed by atoms with Crippen molar-refractivity contribution in [3.8, 4) is 17.2 Å². The summed E-state index contributed by atoms with van der Waals surface area (Å²) in [6.07, 6.45) is -4.37. The summed E-state index contributed by atoms with van der Waals surface area (Å²) in [5, 5.41) is 23.2. The zero-order valence-corrected chi connectivity index (χ0v) is 32.4. The molecular weight excluding hydrogens is 733 g/mol. The number of ketones is 1. The fourth-order valence-electron chi connectivity index (χ4n) is 7.15. The Hall–Kier alpha value is -5.81. The molecule has 1 saturated heterocycles. The summed E-state index contributed by atoms with van der Waals surface area (Å²) in [6, 6.07) is 50.1. The van der Waals surface area contributed by atoms with Gasteiger partial charge in [0.15, 0.2) is 5.78 Å². The van der Waals surface area contributed by atoms with E-state index < -0.39 is 47.8 Å². The van der Waals surface area contributed by atoms with Crippen molar-refractivity contribution >= 4 is 5.78 Å². The van der Waals surface area contributed by atoms with E-state index in [9.17, 15) is 15.0 Å². The number of hydrogen-bond donors (Lipinski definition) is 2. The minimum atomic E-state index is -1.10. The second kappa shape index (κ2) is 20.1. The fraction of sp³-hybridized carbons (Fsp3) is 0.245. The molecule has 58 heavy (non-hydrogen) atoms. The first-order valence-corrected chi connectivity index (χ1v) is 19.4. The van der Waals surface area contributed by atoms with Crippen LogP contribution in [0.1, 0.15) is 56.8 Å². The predicted octanol–water partition coefficient (Wildman–Crippen LogP) is 9.29. The van der Waals surface area contributed by atoms with Gasteiger partial charge in [0.1, 0.15) is 59.9 Å². The highest BCUT2D eigenvalue weighted by molar-refractivity contribution is 6.00. The molecule has 6 aromatic rings. The van der Waals surface area contributed by atoms with Crippen LogP contribution in [0.5, 0.6) is 17.2 Å². The van der Waals surface area contributed by atoms with Crippen molar-refractivity contribution in [2.75, 3.05) is 6.61 Å². The average molecular weight is 781 g/mol. The lowest BCUT2D eigenvalue weighted by Gasteiger charge is -2.46. The van der Waals surface area contributed by atoms with Crippen LogP contribution >= 0.6 is 0 Å². The quantitative estimate of drug-likeness (QED) is 0.0825. The van der Waals surface area contributed by atoms with Gasteiger partial charge in [-0.15, -0.1) is 0 Å². The van der Waals surface area contributed by atoms with Crippen LogP contribution in [0, 0.1) is 0 Å². The molecule has 298 valence electrons. The molecular formula is C49H48O9. The third-order valence-corrected chi connectivity index (χ3v) is 10.0. The number of ether oxygens (including phenoxy) is 6. The van der Waals surface area contributed by atoms with Gasteiger partial charge >= 0.3 is 0 Å². The average Bonchev–Trinajstić information content (AvgIpc) is 3.25. The van der Waals surface area contributed by atoms with Gasteiger partial charge in [-0.25, -0.2) is 0 Å². The highest BCUT2D eigenvalue weighted by atomic mass is 16.6. The standard InChI is InChI=1S/C49H48O9/c1-34(50)43-40(51)27-41(54-29-36-19-9-3-10-20-36)44(45(43)52)47-49(57-32-39-25-15-6-16-26-39)48(56-31-38-23-13-5-14-24-38)46(55-30-37-21-11-4-12-22-37)42(58-47)33-53-28-35-17-7-2-8-18-35/h2-27,42,46-49,51-52H,28-33H2,1H3/t42?,46-,47+,48?,49?/m1/s1. The topological polar surface area (TPSA) is 113 Å². The van der Waals surface area contributed by atoms with Gasteiger partial charge in [0.05, 0.1) is 38.6 Å². The number of rotatable bonds is 18. The van der Waals surface area contributed by atoms with Crippen LogP contribution < -0.4 is 4.74 Å². The molecule has 1 aliphatic rings. The third kappa shape index (κ3) is 10.4. The third-order valence-electron chi connectivity index (χ3n) is 10.0. The Morgan fingerprint density at radius 1 is 0.552 bits per heavy atom. The second-order valence-electron chi connectivity index (χ2n) is 14.2.